The van der Waals surface area contributed by atoms with E-state index in [2.05, 4.69) is 21.9 Å². The number of ether oxygens (including phenoxy) is 1. The number of nitrogens with zero attached hydrogens (tertiary/aromatic N) is 2. The number of carbonyl (C=O) groups is 1. The topological polar surface area (TPSA) is 64.1 Å². The zero-order valence-corrected chi connectivity index (χ0v) is 12.0. The van der Waals surface area contributed by atoms with Crippen molar-refractivity contribution in [2.24, 2.45) is 0 Å². The van der Waals surface area contributed by atoms with Crippen LogP contribution in [0.5, 0.6) is 5.88 Å². The Morgan fingerprint density at radius 1 is 1.40 bits per heavy atom. The first kappa shape index (κ1) is 15.6. The van der Waals surface area contributed by atoms with Crippen LogP contribution in [0.3, 0.4) is 0 Å². The summed E-state index contributed by atoms with van der Waals surface area (Å²) in [5.74, 6) is 0.482. The van der Waals surface area contributed by atoms with Crippen LogP contribution in [0.25, 0.3) is 5.57 Å². The van der Waals surface area contributed by atoms with E-state index in [4.69, 9.17) is 4.74 Å². The van der Waals surface area contributed by atoms with Crippen LogP contribution in [0.4, 0.5) is 0 Å². The molecule has 20 heavy (non-hydrogen) atoms. The number of allylic oxidation sites excluding steroid dienone is 4. The molecule has 0 radical (unpaired) electrons. The van der Waals surface area contributed by atoms with E-state index in [9.17, 15) is 4.79 Å². The van der Waals surface area contributed by atoms with Crippen molar-refractivity contribution in [3.63, 3.8) is 0 Å². The van der Waals surface area contributed by atoms with E-state index in [1.165, 1.54) is 0 Å². The van der Waals surface area contributed by atoms with Crippen molar-refractivity contribution in [3.05, 3.63) is 48.6 Å². The van der Waals surface area contributed by atoms with Gasteiger partial charge >= 0.3 is 0 Å². The fourth-order valence-corrected chi connectivity index (χ4v) is 1.43. The van der Waals surface area contributed by atoms with E-state index in [1.807, 2.05) is 32.9 Å². The van der Waals surface area contributed by atoms with Crippen molar-refractivity contribution in [1.29, 1.82) is 0 Å². The molecule has 1 aromatic heterocycles. The van der Waals surface area contributed by atoms with E-state index < -0.39 is 0 Å². The Labute approximate surface area is 119 Å². The highest BCUT2D eigenvalue weighted by Gasteiger charge is 2.04. The molecule has 0 unspecified atom stereocenters. The standard InChI is InChI=1S/C15H19N3O2/c1-5-13(7-6-12(4)17-10-19)14-8-16-9-15(18-14)20-11(2)3/h5-11H,4H2,1-3H3,(H,17,19)/b7-6-,13-5+. The molecule has 5 nitrogen and oxygen atoms in total. The summed E-state index contributed by atoms with van der Waals surface area (Å²) in [5.41, 5.74) is 2.06. The quantitative estimate of drug-likeness (QED) is 0.612. The van der Waals surface area contributed by atoms with Gasteiger partial charge < -0.3 is 10.1 Å². The Bertz CT molecular complexity index is 534. The summed E-state index contributed by atoms with van der Waals surface area (Å²) in [4.78, 5) is 18.8. The second kappa shape index (κ2) is 7.89. The highest BCUT2D eigenvalue weighted by atomic mass is 16.5. The smallest absolute Gasteiger partial charge is 0.233 e. The predicted molar refractivity (Wildman–Crippen MR) is 78.9 cm³/mol. The van der Waals surface area contributed by atoms with Crippen LogP contribution in [-0.4, -0.2) is 22.5 Å². The summed E-state index contributed by atoms with van der Waals surface area (Å²) in [6, 6.07) is 0. The number of carbonyl (C=O) groups excluding carboxylic acids is 1. The van der Waals surface area contributed by atoms with E-state index in [-0.39, 0.29) is 6.10 Å². The number of hydrogen-bond donors (Lipinski definition) is 1. The maximum Gasteiger partial charge on any atom is 0.233 e. The van der Waals surface area contributed by atoms with Crippen molar-refractivity contribution in [2.45, 2.75) is 26.9 Å². The molecule has 106 valence electrons. The van der Waals surface area contributed by atoms with Gasteiger partial charge in [0.1, 0.15) is 0 Å². The number of aromatic nitrogens is 2. The van der Waals surface area contributed by atoms with Gasteiger partial charge in [0.05, 0.1) is 24.2 Å². The molecule has 1 heterocycles. The lowest BCUT2D eigenvalue weighted by molar-refractivity contribution is -0.108. The van der Waals surface area contributed by atoms with Crippen LogP contribution < -0.4 is 10.1 Å². The van der Waals surface area contributed by atoms with Crippen molar-refractivity contribution in [3.8, 4) is 5.88 Å². The number of nitrogens with one attached hydrogen (secondary N) is 1. The van der Waals surface area contributed by atoms with Crippen molar-refractivity contribution in [2.75, 3.05) is 0 Å². The Morgan fingerprint density at radius 3 is 2.75 bits per heavy atom. The maximum atomic E-state index is 10.3. The zero-order valence-electron chi connectivity index (χ0n) is 12.0. The molecule has 0 aliphatic rings. The van der Waals surface area contributed by atoms with Gasteiger partial charge in [0.25, 0.3) is 0 Å². The Hall–Kier alpha value is -2.43. The van der Waals surface area contributed by atoms with Crippen LogP contribution in [0.15, 0.2) is 42.9 Å². The van der Waals surface area contributed by atoms with Crippen LogP contribution >= 0.6 is 0 Å². The number of hydrogen-bond acceptors (Lipinski definition) is 4. The molecule has 0 saturated carbocycles. The molecular formula is C15H19N3O2. The average Bonchev–Trinajstić information content (AvgIpc) is 2.39. The Balaban J connectivity index is 2.90. The molecule has 0 fully saturated rings. The highest BCUT2D eigenvalue weighted by molar-refractivity contribution is 5.71. The molecule has 0 saturated heterocycles. The number of rotatable bonds is 7. The molecule has 0 aromatic carbocycles. The van der Waals surface area contributed by atoms with Crippen molar-refractivity contribution < 1.29 is 9.53 Å². The fourth-order valence-electron chi connectivity index (χ4n) is 1.43. The van der Waals surface area contributed by atoms with E-state index in [0.29, 0.717) is 23.7 Å². The second-order valence-electron chi connectivity index (χ2n) is 4.27. The van der Waals surface area contributed by atoms with E-state index in [0.717, 1.165) is 5.57 Å². The molecule has 0 bridgehead atoms. The fraction of sp³-hybridized carbons (Fsp3) is 0.267. The van der Waals surface area contributed by atoms with Crippen LogP contribution in [0, 0.1) is 0 Å². The lowest BCUT2D eigenvalue weighted by Crippen LogP contribution is -2.08. The maximum absolute atomic E-state index is 10.3. The molecule has 1 aromatic rings. The summed E-state index contributed by atoms with van der Waals surface area (Å²) < 4.78 is 5.51. The van der Waals surface area contributed by atoms with Gasteiger partial charge in [-0.05, 0) is 32.4 Å². The van der Waals surface area contributed by atoms with Gasteiger partial charge in [-0.3, -0.25) is 9.78 Å². The van der Waals surface area contributed by atoms with Gasteiger partial charge in [-0.15, -0.1) is 0 Å². The minimum Gasteiger partial charge on any atom is -0.474 e. The monoisotopic (exact) mass is 273 g/mol. The molecule has 5 heteroatoms. The third-order valence-corrected chi connectivity index (χ3v) is 2.28. The Kier molecular flexibility index (Phi) is 6.16. The largest absolute Gasteiger partial charge is 0.474 e. The second-order valence-corrected chi connectivity index (χ2v) is 4.27. The van der Waals surface area contributed by atoms with Gasteiger partial charge in [0, 0.05) is 5.70 Å². The summed E-state index contributed by atoms with van der Waals surface area (Å²) in [7, 11) is 0. The average molecular weight is 273 g/mol. The zero-order chi connectivity index (χ0) is 15.0. The lowest BCUT2D eigenvalue weighted by atomic mass is 10.1. The minimum atomic E-state index is 0.0423. The highest BCUT2D eigenvalue weighted by Crippen LogP contribution is 2.16. The van der Waals surface area contributed by atoms with Crippen molar-refractivity contribution in [1.82, 2.24) is 15.3 Å². The SMILES string of the molecule is C=C(/C=C\C(=C/C)c1cncc(OC(C)C)n1)NC=O. The van der Waals surface area contributed by atoms with Gasteiger partial charge in [0.15, 0.2) is 0 Å². The predicted octanol–water partition coefficient (Wildman–Crippen LogP) is 2.48. The van der Waals surface area contributed by atoms with Crippen LogP contribution in [-0.2, 0) is 4.79 Å². The van der Waals surface area contributed by atoms with Gasteiger partial charge in [0.2, 0.25) is 12.3 Å². The molecular weight excluding hydrogens is 254 g/mol. The first-order chi connectivity index (χ1) is 9.56. The number of amides is 1. The first-order valence-electron chi connectivity index (χ1n) is 6.29. The van der Waals surface area contributed by atoms with Crippen LogP contribution in [0.1, 0.15) is 26.5 Å². The summed E-state index contributed by atoms with van der Waals surface area (Å²) in [5, 5.41) is 2.46. The molecule has 0 aliphatic heterocycles. The van der Waals surface area contributed by atoms with Gasteiger partial charge in [-0.25, -0.2) is 4.98 Å². The first-order valence-corrected chi connectivity index (χ1v) is 6.29. The lowest BCUT2D eigenvalue weighted by Gasteiger charge is -2.09. The summed E-state index contributed by atoms with van der Waals surface area (Å²) in [6.07, 6.45) is 9.26. The van der Waals surface area contributed by atoms with Gasteiger partial charge in [-0.2, -0.15) is 0 Å². The van der Waals surface area contributed by atoms with Crippen molar-refractivity contribution >= 4 is 12.0 Å². The summed E-state index contributed by atoms with van der Waals surface area (Å²) in [6.45, 7) is 9.44. The normalized spacial score (nSPS) is 11.7. The van der Waals surface area contributed by atoms with E-state index in [1.54, 1.807) is 18.5 Å². The molecule has 0 aliphatic carbocycles. The molecule has 1 rings (SSSR count). The summed E-state index contributed by atoms with van der Waals surface area (Å²) >= 11 is 0. The third-order valence-electron chi connectivity index (χ3n) is 2.28. The molecule has 0 spiro atoms. The minimum absolute atomic E-state index is 0.0423. The van der Waals surface area contributed by atoms with Crippen LogP contribution in [0.2, 0.25) is 0 Å². The third kappa shape index (κ3) is 5.06. The molecule has 1 N–H and O–H groups in total. The molecule has 1 amide bonds. The molecule has 0 atom stereocenters. The van der Waals surface area contributed by atoms with E-state index >= 15 is 0 Å². The van der Waals surface area contributed by atoms with Gasteiger partial charge in [-0.1, -0.05) is 18.7 Å². The Morgan fingerprint density at radius 2 is 2.15 bits per heavy atom.